The number of hydrogen-bond acceptors (Lipinski definition) is 3. The molecule has 0 spiro atoms. The molecule has 26 heavy (non-hydrogen) atoms. The smallest absolute Gasteiger partial charge is 0.265 e. The van der Waals surface area contributed by atoms with Crippen molar-refractivity contribution in [3.63, 3.8) is 0 Å². The molecule has 0 aliphatic carbocycles. The van der Waals surface area contributed by atoms with Crippen LogP contribution in [0.15, 0.2) is 24.3 Å². The van der Waals surface area contributed by atoms with Crippen LogP contribution in [-0.4, -0.2) is 47.9 Å². The fourth-order valence-electron chi connectivity index (χ4n) is 4.36. The van der Waals surface area contributed by atoms with Gasteiger partial charge in [-0.2, -0.15) is 0 Å². The van der Waals surface area contributed by atoms with Crippen LogP contribution in [0.3, 0.4) is 0 Å². The number of thiophene rings is 1. The number of hydrogen-bond donors (Lipinski definition) is 0. The van der Waals surface area contributed by atoms with E-state index >= 15 is 0 Å². The van der Waals surface area contributed by atoms with E-state index in [0.29, 0.717) is 11.1 Å². The Balaban J connectivity index is 1.49. The molecule has 2 fully saturated rings. The van der Waals surface area contributed by atoms with Crippen molar-refractivity contribution >= 4 is 38.9 Å². The van der Waals surface area contributed by atoms with Gasteiger partial charge in [0, 0.05) is 29.2 Å². The van der Waals surface area contributed by atoms with Crippen LogP contribution in [0.25, 0.3) is 10.1 Å². The monoisotopic (exact) mass is 390 g/mol. The molecule has 1 atom stereocenters. The summed E-state index contributed by atoms with van der Waals surface area (Å²) in [7, 11) is 0. The maximum atomic E-state index is 13.3. The number of carbonyl (C=O) groups is 1. The Hall–Kier alpha value is -1.10. The zero-order valence-corrected chi connectivity index (χ0v) is 16.8. The Morgan fingerprint density at radius 1 is 1.08 bits per heavy atom. The Labute approximate surface area is 164 Å². The maximum Gasteiger partial charge on any atom is 0.265 e. The molecule has 0 N–H and O–H groups in total. The van der Waals surface area contributed by atoms with E-state index in [1.54, 1.807) is 11.3 Å². The van der Waals surface area contributed by atoms with E-state index in [4.69, 9.17) is 11.6 Å². The standard InChI is InChI=1S/C21H27ClN2OS/c22-19-17-9-2-3-10-18(17)26-20(19)21(25)24-14-7-4-8-16(24)11-15-23-12-5-1-6-13-23/h2-3,9-10,16H,1,4-8,11-15H2/t16-/m0/s1. The molecule has 0 bridgehead atoms. The van der Waals surface area contributed by atoms with Gasteiger partial charge in [0.1, 0.15) is 4.88 Å². The van der Waals surface area contributed by atoms with Crippen molar-refractivity contribution in [3.05, 3.63) is 34.2 Å². The SMILES string of the molecule is O=C(c1sc2ccccc2c1Cl)N1CCCC[C@H]1CCN1CCCCC1. The second-order valence-electron chi connectivity index (χ2n) is 7.58. The molecule has 2 aliphatic rings. The van der Waals surface area contributed by atoms with Gasteiger partial charge in [-0.3, -0.25) is 4.79 Å². The molecular formula is C21H27ClN2OS. The molecule has 1 aromatic carbocycles. The number of likely N-dealkylation sites (tertiary alicyclic amines) is 2. The van der Waals surface area contributed by atoms with Crippen molar-refractivity contribution in [2.75, 3.05) is 26.2 Å². The van der Waals surface area contributed by atoms with E-state index in [-0.39, 0.29) is 5.91 Å². The lowest BCUT2D eigenvalue weighted by molar-refractivity contribution is 0.0584. The third kappa shape index (κ3) is 3.78. The normalized spacial score (nSPS) is 22.0. The highest BCUT2D eigenvalue weighted by molar-refractivity contribution is 7.21. The van der Waals surface area contributed by atoms with Gasteiger partial charge in [-0.05, 0) is 57.7 Å². The van der Waals surface area contributed by atoms with E-state index < -0.39 is 0 Å². The molecule has 2 aliphatic heterocycles. The summed E-state index contributed by atoms with van der Waals surface area (Å²) in [5.74, 6) is 0.138. The number of piperidine rings is 2. The lowest BCUT2D eigenvalue weighted by Gasteiger charge is -2.37. The van der Waals surface area contributed by atoms with Gasteiger partial charge in [0.05, 0.1) is 5.02 Å². The van der Waals surface area contributed by atoms with Gasteiger partial charge in [0.25, 0.3) is 5.91 Å². The maximum absolute atomic E-state index is 13.3. The molecule has 140 valence electrons. The molecule has 3 nitrogen and oxygen atoms in total. The largest absolute Gasteiger partial charge is 0.335 e. The second-order valence-corrected chi connectivity index (χ2v) is 9.01. The number of carbonyl (C=O) groups excluding carboxylic acids is 1. The van der Waals surface area contributed by atoms with Crippen LogP contribution < -0.4 is 0 Å². The number of amides is 1. The minimum atomic E-state index is 0.138. The third-order valence-electron chi connectivity index (χ3n) is 5.84. The first kappa shape index (κ1) is 18.3. The Bertz CT molecular complexity index is 768. The first-order valence-corrected chi connectivity index (χ1v) is 11.1. The average molecular weight is 391 g/mol. The first-order chi connectivity index (χ1) is 12.7. The predicted molar refractivity (Wildman–Crippen MR) is 110 cm³/mol. The molecule has 0 unspecified atom stereocenters. The highest BCUT2D eigenvalue weighted by Gasteiger charge is 2.30. The summed E-state index contributed by atoms with van der Waals surface area (Å²) >= 11 is 8.11. The van der Waals surface area contributed by atoms with Gasteiger partial charge >= 0.3 is 0 Å². The molecule has 2 aromatic rings. The van der Waals surface area contributed by atoms with Crippen molar-refractivity contribution in [3.8, 4) is 0 Å². The summed E-state index contributed by atoms with van der Waals surface area (Å²) < 4.78 is 1.10. The van der Waals surface area contributed by atoms with E-state index in [9.17, 15) is 4.79 Å². The molecule has 4 rings (SSSR count). The number of fused-ring (bicyclic) bond motifs is 1. The number of halogens is 1. The summed E-state index contributed by atoms with van der Waals surface area (Å²) in [6.45, 7) is 4.44. The first-order valence-electron chi connectivity index (χ1n) is 9.94. The molecule has 0 saturated carbocycles. The molecule has 3 heterocycles. The van der Waals surface area contributed by atoms with Crippen LogP contribution >= 0.6 is 22.9 Å². The number of nitrogens with zero attached hydrogens (tertiary/aromatic N) is 2. The Morgan fingerprint density at radius 2 is 1.85 bits per heavy atom. The van der Waals surface area contributed by atoms with Crippen molar-refractivity contribution in [1.82, 2.24) is 9.80 Å². The summed E-state index contributed by atoms with van der Waals surface area (Å²) in [5.41, 5.74) is 0. The van der Waals surface area contributed by atoms with Crippen LogP contribution in [0.5, 0.6) is 0 Å². The van der Waals surface area contributed by atoms with Gasteiger partial charge in [0.15, 0.2) is 0 Å². The second kappa shape index (κ2) is 8.28. The molecule has 0 radical (unpaired) electrons. The number of benzene rings is 1. The van der Waals surface area contributed by atoms with Crippen LogP contribution in [0.2, 0.25) is 5.02 Å². The molecule has 5 heteroatoms. The van der Waals surface area contributed by atoms with E-state index in [1.165, 1.54) is 38.8 Å². The van der Waals surface area contributed by atoms with E-state index in [1.807, 2.05) is 24.3 Å². The van der Waals surface area contributed by atoms with Gasteiger partial charge < -0.3 is 9.80 Å². The van der Waals surface area contributed by atoms with Crippen LogP contribution in [0.4, 0.5) is 0 Å². The third-order valence-corrected chi connectivity index (χ3v) is 7.51. The summed E-state index contributed by atoms with van der Waals surface area (Å²) in [6, 6.07) is 8.41. The molecule has 1 amide bonds. The Kier molecular flexibility index (Phi) is 5.82. The molecule has 1 aromatic heterocycles. The highest BCUT2D eigenvalue weighted by Crippen LogP contribution is 2.37. The predicted octanol–water partition coefficient (Wildman–Crippen LogP) is 5.43. The van der Waals surface area contributed by atoms with Gasteiger partial charge in [-0.1, -0.05) is 36.2 Å². The quantitative estimate of drug-likeness (QED) is 0.695. The van der Waals surface area contributed by atoms with Crippen LogP contribution in [-0.2, 0) is 0 Å². The minimum Gasteiger partial charge on any atom is -0.335 e. The van der Waals surface area contributed by atoms with Crippen LogP contribution in [0, 0.1) is 0 Å². The van der Waals surface area contributed by atoms with Gasteiger partial charge in [-0.25, -0.2) is 0 Å². The lowest BCUT2D eigenvalue weighted by Crippen LogP contribution is -2.45. The van der Waals surface area contributed by atoms with E-state index in [0.717, 1.165) is 47.3 Å². The van der Waals surface area contributed by atoms with E-state index in [2.05, 4.69) is 9.80 Å². The average Bonchev–Trinajstić information content (AvgIpc) is 3.04. The molecular weight excluding hydrogens is 364 g/mol. The number of rotatable bonds is 4. The Morgan fingerprint density at radius 3 is 2.65 bits per heavy atom. The summed E-state index contributed by atoms with van der Waals surface area (Å²) in [4.78, 5) is 18.7. The fourth-order valence-corrected chi connectivity index (χ4v) is 5.83. The van der Waals surface area contributed by atoms with Gasteiger partial charge in [0.2, 0.25) is 0 Å². The van der Waals surface area contributed by atoms with Crippen molar-refractivity contribution < 1.29 is 4.79 Å². The molecule has 2 saturated heterocycles. The van der Waals surface area contributed by atoms with Gasteiger partial charge in [-0.15, -0.1) is 11.3 Å². The van der Waals surface area contributed by atoms with Crippen molar-refractivity contribution in [1.29, 1.82) is 0 Å². The van der Waals surface area contributed by atoms with Crippen molar-refractivity contribution in [2.24, 2.45) is 0 Å². The highest BCUT2D eigenvalue weighted by atomic mass is 35.5. The van der Waals surface area contributed by atoms with Crippen LogP contribution in [0.1, 0.15) is 54.6 Å². The summed E-state index contributed by atoms with van der Waals surface area (Å²) in [6.07, 6.45) is 8.57. The minimum absolute atomic E-state index is 0.138. The topological polar surface area (TPSA) is 23.6 Å². The zero-order chi connectivity index (χ0) is 17.9. The zero-order valence-electron chi connectivity index (χ0n) is 15.3. The van der Waals surface area contributed by atoms with Crippen molar-refractivity contribution in [2.45, 2.75) is 51.0 Å². The fraction of sp³-hybridized carbons (Fsp3) is 0.571. The lowest BCUT2D eigenvalue weighted by atomic mass is 9.98. The summed E-state index contributed by atoms with van der Waals surface area (Å²) in [5, 5.41) is 1.64.